The van der Waals surface area contributed by atoms with Crippen LogP contribution in [-0.2, 0) is 11.8 Å². The first-order valence-corrected chi connectivity index (χ1v) is 8.06. The van der Waals surface area contributed by atoms with Gasteiger partial charge in [0.05, 0.1) is 11.8 Å². The maximum atomic E-state index is 12.2. The molecule has 24 heavy (non-hydrogen) atoms. The van der Waals surface area contributed by atoms with Gasteiger partial charge in [0.1, 0.15) is 5.69 Å². The summed E-state index contributed by atoms with van der Waals surface area (Å²) in [7, 11) is 1.92. The number of pyridine rings is 1. The van der Waals surface area contributed by atoms with E-state index in [0.29, 0.717) is 13.2 Å². The molecule has 2 aromatic heterocycles. The lowest BCUT2D eigenvalue weighted by atomic mass is 9.94. The van der Waals surface area contributed by atoms with Crippen molar-refractivity contribution in [3.63, 3.8) is 0 Å². The van der Waals surface area contributed by atoms with Crippen molar-refractivity contribution in [1.29, 1.82) is 0 Å². The number of amides is 1. The molecule has 0 saturated carbocycles. The van der Waals surface area contributed by atoms with Crippen LogP contribution >= 0.6 is 0 Å². The molecule has 1 amide bonds. The number of H-pyrrole nitrogens is 1. The van der Waals surface area contributed by atoms with Gasteiger partial charge in [-0.05, 0) is 20.3 Å². The first kappa shape index (κ1) is 16.4. The number of aromatic nitrogens is 3. The summed E-state index contributed by atoms with van der Waals surface area (Å²) in [4.78, 5) is 26.3. The Morgan fingerprint density at radius 2 is 2.29 bits per heavy atom. The maximum Gasteiger partial charge on any atom is 0.267 e. The largest absolute Gasteiger partial charge is 0.373 e. The zero-order chi connectivity index (χ0) is 17.3. The predicted octanol–water partition coefficient (Wildman–Crippen LogP) is 1.23. The van der Waals surface area contributed by atoms with Gasteiger partial charge in [0.15, 0.2) is 5.43 Å². The Labute approximate surface area is 140 Å². The molecule has 7 heteroatoms. The molecule has 1 aliphatic heterocycles. The van der Waals surface area contributed by atoms with Crippen molar-refractivity contribution in [2.75, 3.05) is 13.2 Å². The zero-order valence-electron chi connectivity index (χ0n) is 14.1. The first-order chi connectivity index (χ1) is 11.5. The molecule has 2 atom stereocenters. The molecule has 3 rings (SSSR count). The van der Waals surface area contributed by atoms with E-state index in [9.17, 15) is 9.59 Å². The van der Waals surface area contributed by atoms with E-state index < -0.39 is 0 Å². The number of carbonyl (C=O) groups is 1. The summed E-state index contributed by atoms with van der Waals surface area (Å²) in [6.07, 6.45) is 2.29. The Morgan fingerprint density at radius 1 is 1.50 bits per heavy atom. The quantitative estimate of drug-likeness (QED) is 0.882. The summed E-state index contributed by atoms with van der Waals surface area (Å²) in [6, 6.07) is 2.68. The van der Waals surface area contributed by atoms with Crippen molar-refractivity contribution >= 4 is 5.91 Å². The number of rotatable bonds is 4. The van der Waals surface area contributed by atoms with Crippen LogP contribution in [0.15, 0.2) is 23.1 Å². The molecular weight excluding hydrogens is 308 g/mol. The number of aryl methyl sites for hydroxylation is 2. The van der Waals surface area contributed by atoms with Crippen molar-refractivity contribution in [1.82, 2.24) is 20.1 Å². The molecule has 2 aromatic rings. The Kier molecular flexibility index (Phi) is 4.53. The molecule has 0 spiro atoms. The SMILES string of the molecule is Cc1nn(C)c(C)c1[C@H]1OCC[C@@H]1CNC(=O)c1cc(=O)cc[nH]1. The molecule has 1 fully saturated rings. The lowest BCUT2D eigenvalue weighted by Crippen LogP contribution is -2.31. The van der Waals surface area contributed by atoms with E-state index in [4.69, 9.17) is 4.74 Å². The highest BCUT2D eigenvalue weighted by Gasteiger charge is 2.33. The number of aromatic amines is 1. The van der Waals surface area contributed by atoms with Gasteiger partial charge in [-0.3, -0.25) is 14.3 Å². The van der Waals surface area contributed by atoms with Crippen molar-refractivity contribution in [3.05, 3.63) is 51.2 Å². The van der Waals surface area contributed by atoms with E-state index in [-0.39, 0.29) is 29.1 Å². The van der Waals surface area contributed by atoms with Crippen LogP contribution in [-0.4, -0.2) is 33.8 Å². The lowest BCUT2D eigenvalue weighted by Gasteiger charge is -2.19. The highest BCUT2D eigenvalue weighted by molar-refractivity contribution is 5.92. The smallest absolute Gasteiger partial charge is 0.267 e. The highest BCUT2D eigenvalue weighted by atomic mass is 16.5. The summed E-state index contributed by atoms with van der Waals surface area (Å²) in [5.41, 5.74) is 3.24. The predicted molar refractivity (Wildman–Crippen MR) is 88.9 cm³/mol. The van der Waals surface area contributed by atoms with Crippen LogP contribution in [0.25, 0.3) is 0 Å². The topological polar surface area (TPSA) is 89.0 Å². The zero-order valence-corrected chi connectivity index (χ0v) is 14.1. The first-order valence-electron chi connectivity index (χ1n) is 8.06. The Morgan fingerprint density at radius 3 is 2.96 bits per heavy atom. The van der Waals surface area contributed by atoms with Gasteiger partial charge in [0.25, 0.3) is 5.91 Å². The summed E-state index contributed by atoms with van der Waals surface area (Å²) >= 11 is 0. The van der Waals surface area contributed by atoms with Gasteiger partial charge >= 0.3 is 0 Å². The average Bonchev–Trinajstić information content (AvgIpc) is 3.09. The molecule has 7 nitrogen and oxygen atoms in total. The van der Waals surface area contributed by atoms with Gasteiger partial charge in [0.2, 0.25) is 0 Å². The Hall–Kier alpha value is -2.41. The fraction of sp³-hybridized carbons (Fsp3) is 0.471. The standard InChI is InChI=1S/C17H22N4O3/c1-10-15(11(2)21(3)20-10)16-12(5-7-24-16)9-19-17(23)14-8-13(22)4-6-18-14/h4,6,8,12,16H,5,7,9H2,1-3H3,(H,18,22)(H,19,23)/t12-,16+/m1/s1. The number of hydrogen-bond acceptors (Lipinski definition) is 4. The number of carbonyl (C=O) groups excluding carboxylic acids is 1. The molecule has 2 N–H and O–H groups in total. The van der Waals surface area contributed by atoms with E-state index in [0.717, 1.165) is 23.4 Å². The van der Waals surface area contributed by atoms with E-state index in [1.807, 2.05) is 25.6 Å². The van der Waals surface area contributed by atoms with Gasteiger partial charge in [-0.25, -0.2) is 0 Å². The van der Waals surface area contributed by atoms with Crippen LogP contribution in [0.4, 0.5) is 0 Å². The minimum atomic E-state index is -0.280. The number of ether oxygens (including phenoxy) is 1. The lowest BCUT2D eigenvalue weighted by molar-refractivity contribution is 0.0837. The van der Waals surface area contributed by atoms with E-state index >= 15 is 0 Å². The summed E-state index contributed by atoms with van der Waals surface area (Å²) < 4.78 is 7.78. The van der Waals surface area contributed by atoms with Crippen LogP contribution in [0.1, 0.15) is 40.0 Å². The Balaban J connectivity index is 1.70. The van der Waals surface area contributed by atoms with Crippen molar-refractivity contribution in [2.45, 2.75) is 26.4 Å². The molecule has 1 aliphatic rings. The fourth-order valence-corrected chi connectivity index (χ4v) is 3.26. The number of nitrogens with one attached hydrogen (secondary N) is 2. The second-order valence-corrected chi connectivity index (χ2v) is 6.20. The van der Waals surface area contributed by atoms with E-state index in [1.165, 1.54) is 18.3 Å². The van der Waals surface area contributed by atoms with Crippen LogP contribution in [0.2, 0.25) is 0 Å². The van der Waals surface area contributed by atoms with Gasteiger partial charge in [-0.2, -0.15) is 5.10 Å². The van der Waals surface area contributed by atoms with Crippen LogP contribution in [0.5, 0.6) is 0 Å². The van der Waals surface area contributed by atoms with Crippen LogP contribution in [0, 0.1) is 19.8 Å². The Bertz CT molecular complexity index is 808. The third-order valence-electron chi connectivity index (χ3n) is 4.61. The van der Waals surface area contributed by atoms with E-state index in [1.54, 1.807) is 0 Å². The normalized spacial score (nSPS) is 20.3. The summed E-state index contributed by atoms with van der Waals surface area (Å²) in [5.74, 6) is -0.0936. The molecule has 1 saturated heterocycles. The third-order valence-corrected chi connectivity index (χ3v) is 4.61. The molecule has 0 unspecified atom stereocenters. The van der Waals surface area contributed by atoms with Gasteiger partial charge in [-0.15, -0.1) is 0 Å². The highest BCUT2D eigenvalue weighted by Crippen LogP contribution is 2.37. The van der Waals surface area contributed by atoms with Crippen LogP contribution < -0.4 is 10.7 Å². The molecule has 3 heterocycles. The van der Waals surface area contributed by atoms with E-state index in [2.05, 4.69) is 15.4 Å². The van der Waals surface area contributed by atoms with Crippen molar-refractivity contribution in [2.24, 2.45) is 13.0 Å². The monoisotopic (exact) mass is 330 g/mol. The minimum Gasteiger partial charge on any atom is -0.373 e. The van der Waals surface area contributed by atoms with Gasteiger partial charge < -0.3 is 15.0 Å². The summed E-state index contributed by atoms with van der Waals surface area (Å²) in [5, 5.41) is 7.35. The molecule has 0 bridgehead atoms. The molecular formula is C17H22N4O3. The average molecular weight is 330 g/mol. The second kappa shape index (κ2) is 6.60. The molecule has 0 aromatic carbocycles. The van der Waals surface area contributed by atoms with Gasteiger partial charge in [-0.1, -0.05) is 0 Å². The fourth-order valence-electron chi connectivity index (χ4n) is 3.26. The number of hydrogen-bond donors (Lipinski definition) is 2. The third kappa shape index (κ3) is 3.12. The van der Waals surface area contributed by atoms with Crippen molar-refractivity contribution in [3.8, 4) is 0 Å². The van der Waals surface area contributed by atoms with Gasteiger partial charge in [0, 0.05) is 55.7 Å². The number of nitrogens with zero attached hydrogens (tertiary/aromatic N) is 2. The molecule has 0 radical (unpaired) electrons. The maximum absolute atomic E-state index is 12.2. The van der Waals surface area contributed by atoms with Crippen molar-refractivity contribution < 1.29 is 9.53 Å². The second-order valence-electron chi connectivity index (χ2n) is 6.20. The summed E-state index contributed by atoms with van der Waals surface area (Å²) in [6.45, 7) is 5.17. The molecule has 0 aliphatic carbocycles. The molecule has 128 valence electrons. The van der Waals surface area contributed by atoms with Crippen LogP contribution in [0.3, 0.4) is 0 Å². The minimum absolute atomic E-state index is 0.0613.